The summed E-state index contributed by atoms with van der Waals surface area (Å²) in [6, 6.07) is 1.53. The summed E-state index contributed by atoms with van der Waals surface area (Å²) in [6.07, 6.45) is 6.90. The van der Waals surface area contributed by atoms with E-state index < -0.39 is 11.7 Å². The van der Waals surface area contributed by atoms with Gasteiger partial charge in [0.2, 0.25) is 0 Å². The molecule has 1 aliphatic rings. The number of ether oxygens (including phenoxy) is 1. The number of anilines is 1. The van der Waals surface area contributed by atoms with Crippen LogP contribution in [0.1, 0.15) is 86.7 Å². The van der Waals surface area contributed by atoms with Crippen molar-refractivity contribution in [3.63, 3.8) is 0 Å². The number of nitrogens with zero attached hydrogens (tertiary/aromatic N) is 3. The zero-order valence-corrected chi connectivity index (χ0v) is 21.6. The van der Waals surface area contributed by atoms with Crippen LogP contribution in [0.4, 0.5) is 10.2 Å². The van der Waals surface area contributed by atoms with Crippen LogP contribution >= 0.6 is 11.6 Å². The maximum atomic E-state index is 15.4. The van der Waals surface area contributed by atoms with Gasteiger partial charge in [0.25, 0.3) is 5.91 Å². The second kappa shape index (κ2) is 10.0. The van der Waals surface area contributed by atoms with Gasteiger partial charge in [-0.25, -0.2) is 14.4 Å². The molecule has 0 aliphatic heterocycles. The molecular formula is C26H33ClFN5O2. The van der Waals surface area contributed by atoms with Gasteiger partial charge in [-0.15, -0.1) is 0 Å². The second-order valence-electron chi connectivity index (χ2n) is 9.87. The number of aromatic nitrogens is 3. The molecule has 35 heavy (non-hydrogen) atoms. The lowest BCUT2D eigenvalue weighted by Crippen LogP contribution is -2.38. The van der Waals surface area contributed by atoms with Crippen LogP contribution in [0.25, 0.3) is 5.52 Å². The normalized spacial score (nSPS) is 19.2. The summed E-state index contributed by atoms with van der Waals surface area (Å²) < 4.78 is 23.4. The molecule has 0 bridgehead atoms. The monoisotopic (exact) mass is 501 g/mol. The van der Waals surface area contributed by atoms with Crippen LogP contribution in [0.3, 0.4) is 0 Å². The summed E-state index contributed by atoms with van der Waals surface area (Å²) in [7, 11) is 0. The minimum absolute atomic E-state index is 0.000723. The fourth-order valence-electron chi connectivity index (χ4n) is 4.89. The number of imidazole rings is 1. The number of amides is 1. The fourth-order valence-corrected chi connectivity index (χ4v) is 5.10. The third-order valence-electron chi connectivity index (χ3n) is 6.77. The van der Waals surface area contributed by atoms with Gasteiger partial charge in [-0.3, -0.25) is 9.20 Å². The molecule has 1 aromatic carbocycles. The van der Waals surface area contributed by atoms with Crippen molar-refractivity contribution in [3.8, 4) is 5.75 Å². The molecule has 2 aromatic heterocycles. The molecule has 0 radical (unpaired) electrons. The van der Waals surface area contributed by atoms with Crippen molar-refractivity contribution in [1.82, 2.24) is 19.7 Å². The predicted molar refractivity (Wildman–Crippen MR) is 136 cm³/mol. The molecule has 1 aliphatic carbocycles. The Morgan fingerprint density at radius 3 is 2.63 bits per heavy atom. The van der Waals surface area contributed by atoms with Crippen LogP contribution in [0.15, 0.2) is 18.5 Å². The van der Waals surface area contributed by atoms with Crippen molar-refractivity contribution in [1.29, 1.82) is 0 Å². The van der Waals surface area contributed by atoms with Gasteiger partial charge in [0.1, 0.15) is 28.5 Å². The Morgan fingerprint density at radius 2 is 1.97 bits per heavy atom. The number of nitrogen functional groups attached to an aromatic ring is 1. The topological polar surface area (TPSA) is 94.5 Å². The smallest absolute Gasteiger partial charge is 0.258 e. The number of fused-ring (bicyclic) bond motifs is 1. The second-order valence-corrected chi connectivity index (χ2v) is 10.3. The van der Waals surface area contributed by atoms with Gasteiger partial charge in [-0.1, -0.05) is 25.4 Å². The third kappa shape index (κ3) is 4.94. The van der Waals surface area contributed by atoms with E-state index in [0.717, 1.165) is 31.4 Å². The van der Waals surface area contributed by atoms with Gasteiger partial charge < -0.3 is 15.8 Å². The molecule has 2 heterocycles. The highest BCUT2D eigenvalue weighted by Gasteiger charge is 2.31. The minimum atomic E-state index is -0.780. The standard InChI is InChI=1S/C26H33ClFN5O2/c1-13(2)35-23-18(15(4)25-31-16(5)22-24(29)30-10-11-33(22)25)12-19(27)21(28)20(23)26(34)32-17-8-6-14(3)7-9-17/h10-15,17H,6-9H2,1-5H3,(H2,29,30)(H,32,34). The molecule has 4 rings (SSSR count). The molecule has 7 nitrogen and oxygen atoms in total. The summed E-state index contributed by atoms with van der Waals surface area (Å²) >= 11 is 6.35. The molecule has 188 valence electrons. The quantitative estimate of drug-likeness (QED) is 0.454. The Hall–Kier alpha value is -2.87. The molecule has 0 saturated heterocycles. The van der Waals surface area contributed by atoms with Crippen molar-refractivity contribution < 1.29 is 13.9 Å². The van der Waals surface area contributed by atoms with Gasteiger partial charge >= 0.3 is 0 Å². The van der Waals surface area contributed by atoms with E-state index in [9.17, 15) is 4.79 Å². The van der Waals surface area contributed by atoms with Crippen molar-refractivity contribution in [3.05, 3.63) is 51.9 Å². The number of carbonyl (C=O) groups is 1. The van der Waals surface area contributed by atoms with Crippen molar-refractivity contribution in [2.24, 2.45) is 5.92 Å². The Labute approximate surface area is 210 Å². The zero-order chi connectivity index (χ0) is 25.4. The number of aryl methyl sites for hydroxylation is 1. The summed E-state index contributed by atoms with van der Waals surface area (Å²) in [4.78, 5) is 22.3. The van der Waals surface area contributed by atoms with E-state index >= 15 is 4.39 Å². The van der Waals surface area contributed by atoms with Gasteiger partial charge in [0.05, 0.1) is 16.8 Å². The Balaban J connectivity index is 1.81. The Morgan fingerprint density at radius 1 is 1.29 bits per heavy atom. The first kappa shape index (κ1) is 25.2. The number of carbonyl (C=O) groups excluding carboxylic acids is 1. The number of halogens is 2. The molecule has 3 aromatic rings. The average Bonchev–Trinajstić information content (AvgIpc) is 3.14. The number of hydrogen-bond acceptors (Lipinski definition) is 5. The maximum absolute atomic E-state index is 15.4. The van der Waals surface area contributed by atoms with E-state index in [0.29, 0.717) is 28.6 Å². The van der Waals surface area contributed by atoms with Gasteiger partial charge in [0.15, 0.2) is 5.82 Å². The lowest BCUT2D eigenvalue weighted by molar-refractivity contribution is 0.0912. The fraction of sp³-hybridized carbons (Fsp3) is 0.500. The van der Waals surface area contributed by atoms with E-state index in [4.69, 9.17) is 27.1 Å². The first-order valence-corrected chi connectivity index (χ1v) is 12.5. The molecular weight excluding hydrogens is 469 g/mol. The molecule has 1 atom stereocenters. The largest absolute Gasteiger partial charge is 0.490 e. The zero-order valence-electron chi connectivity index (χ0n) is 20.9. The molecule has 1 amide bonds. The van der Waals surface area contributed by atoms with Gasteiger partial charge in [-0.2, -0.15) is 0 Å². The van der Waals surface area contributed by atoms with E-state index in [-0.39, 0.29) is 34.4 Å². The minimum Gasteiger partial charge on any atom is -0.490 e. The Bertz CT molecular complexity index is 1250. The van der Waals surface area contributed by atoms with Crippen molar-refractivity contribution >= 4 is 28.8 Å². The van der Waals surface area contributed by atoms with Crippen LogP contribution in [-0.4, -0.2) is 32.4 Å². The summed E-state index contributed by atoms with van der Waals surface area (Å²) in [5.41, 5.74) is 7.94. The highest BCUT2D eigenvalue weighted by molar-refractivity contribution is 6.31. The predicted octanol–water partition coefficient (Wildman–Crippen LogP) is 5.66. The van der Waals surface area contributed by atoms with Crippen LogP contribution in [0.2, 0.25) is 5.02 Å². The summed E-state index contributed by atoms with van der Waals surface area (Å²) in [5.74, 6) is 0.183. The number of benzene rings is 1. The van der Waals surface area contributed by atoms with Crippen LogP contribution < -0.4 is 15.8 Å². The molecule has 1 unspecified atom stereocenters. The number of rotatable bonds is 6. The Kier molecular flexibility index (Phi) is 7.22. The van der Waals surface area contributed by atoms with Crippen molar-refractivity contribution in [2.45, 2.75) is 78.4 Å². The average molecular weight is 502 g/mol. The van der Waals surface area contributed by atoms with E-state index in [1.165, 1.54) is 6.07 Å². The van der Waals surface area contributed by atoms with Crippen molar-refractivity contribution in [2.75, 3.05) is 5.73 Å². The number of nitrogens with two attached hydrogens (primary N) is 1. The van der Waals surface area contributed by atoms with Crippen LogP contribution in [0, 0.1) is 18.7 Å². The lowest BCUT2D eigenvalue weighted by atomic mass is 9.87. The third-order valence-corrected chi connectivity index (χ3v) is 7.05. The first-order valence-electron chi connectivity index (χ1n) is 12.2. The molecule has 3 N–H and O–H groups in total. The first-order chi connectivity index (χ1) is 16.6. The van der Waals surface area contributed by atoms with Gasteiger partial charge in [-0.05, 0) is 58.4 Å². The maximum Gasteiger partial charge on any atom is 0.258 e. The highest BCUT2D eigenvalue weighted by atomic mass is 35.5. The van der Waals surface area contributed by atoms with Crippen LogP contribution in [-0.2, 0) is 0 Å². The molecule has 9 heteroatoms. The summed E-state index contributed by atoms with van der Waals surface area (Å²) in [5, 5.41) is 2.89. The molecule has 1 fully saturated rings. The van der Waals surface area contributed by atoms with E-state index in [1.54, 1.807) is 12.4 Å². The van der Waals surface area contributed by atoms with Gasteiger partial charge in [0, 0.05) is 29.9 Å². The summed E-state index contributed by atoms with van der Waals surface area (Å²) in [6.45, 7) is 9.67. The number of hydrogen-bond donors (Lipinski definition) is 2. The SMILES string of the molecule is Cc1nc(C(C)c2cc(Cl)c(F)c(C(=O)NC3CCC(C)CC3)c2OC(C)C)n2ccnc(N)c12. The number of nitrogens with one attached hydrogen (secondary N) is 1. The highest BCUT2D eigenvalue weighted by Crippen LogP contribution is 2.40. The lowest BCUT2D eigenvalue weighted by Gasteiger charge is -2.28. The van der Waals surface area contributed by atoms with E-state index in [2.05, 4.69) is 17.2 Å². The molecule has 0 spiro atoms. The molecule has 1 saturated carbocycles. The van der Waals surface area contributed by atoms with Crippen LogP contribution in [0.5, 0.6) is 5.75 Å². The van der Waals surface area contributed by atoms with E-state index in [1.807, 2.05) is 32.1 Å².